The van der Waals surface area contributed by atoms with Crippen molar-refractivity contribution in [3.05, 3.63) is 33.7 Å². The van der Waals surface area contributed by atoms with Gasteiger partial charge in [-0.05, 0) is 71.3 Å². The summed E-state index contributed by atoms with van der Waals surface area (Å²) in [5.41, 5.74) is 1.59. The minimum atomic E-state index is -3.34. The fourth-order valence-corrected chi connectivity index (χ4v) is 6.41. The van der Waals surface area contributed by atoms with Crippen molar-refractivity contribution in [2.45, 2.75) is 88.7 Å². The molecule has 0 radical (unpaired) electrons. The summed E-state index contributed by atoms with van der Waals surface area (Å²) >= 11 is 0. The summed E-state index contributed by atoms with van der Waals surface area (Å²) < 4.78 is 36.2. The smallest absolute Gasteiger partial charge is 0.254 e. The summed E-state index contributed by atoms with van der Waals surface area (Å²) in [5.74, 6) is 6.72. The third-order valence-corrected chi connectivity index (χ3v) is 8.68. The topological polar surface area (TPSA) is 77.4 Å². The van der Waals surface area contributed by atoms with Crippen LogP contribution in [0.3, 0.4) is 0 Å². The van der Waals surface area contributed by atoms with Gasteiger partial charge < -0.3 is 9.30 Å². The Kier molecular flexibility index (Phi) is 6.38. The number of hydrogen-bond donors (Lipinski definition) is 1. The summed E-state index contributed by atoms with van der Waals surface area (Å²) in [6.07, 6.45) is 6.94. The van der Waals surface area contributed by atoms with Crippen LogP contribution in [-0.4, -0.2) is 37.0 Å². The molecule has 1 aliphatic heterocycles. The second-order valence-electron chi connectivity index (χ2n) is 8.96. The molecule has 0 bridgehead atoms. The van der Waals surface area contributed by atoms with Gasteiger partial charge in [-0.3, -0.25) is 4.79 Å². The summed E-state index contributed by atoms with van der Waals surface area (Å²) in [5, 5.41) is -0.273. The van der Waals surface area contributed by atoms with E-state index in [2.05, 4.69) is 16.6 Å². The zero-order chi connectivity index (χ0) is 21.3. The predicted octanol–water partition coefficient (Wildman–Crippen LogP) is 2.69. The quantitative estimate of drug-likeness (QED) is 0.701. The predicted molar refractivity (Wildman–Crippen MR) is 117 cm³/mol. The fraction of sp³-hybridized carbons (Fsp3) is 0.696. The third kappa shape index (κ3) is 4.66. The third-order valence-electron chi connectivity index (χ3n) is 6.70. The highest BCUT2D eigenvalue weighted by atomic mass is 32.2. The molecular formula is C23H32N2O4S. The van der Waals surface area contributed by atoms with E-state index in [-0.39, 0.29) is 29.0 Å². The van der Waals surface area contributed by atoms with E-state index in [0.29, 0.717) is 30.9 Å². The van der Waals surface area contributed by atoms with Gasteiger partial charge in [-0.25, -0.2) is 13.1 Å². The Labute approximate surface area is 179 Å². The van der Waals surface area contributed by atoms with Crippen LogP contribution in [0.15, 0.2) is 16.9 Å². The average Bonchev–Trinajstić information content (AvgIpc) is 3.57. The lowest BCUT2D eigenvalue weighted by atomic mass is 9.88. The van der Waals surface area contributed by atoms with Gasteiger partial charge in [-0.15, -0.1) is 11.8 Å². The largest absolute Gasteiger partial charge is 0.376 e. The molecule has 1 aromatic heterocycles. The molecule has 4 rings (SSSR count). The second kappa shape index (κ2) is 8.86. The van der Waals surface area contributed by atoms with Crippen LogP contribution in [0.25, 0.3) is 0 Å². The first-order valence-corrected chi connectivity index (χ1v) is 12.7. The monoisotopic (exact) mass is 432 g/mol. The van der Waals surface area contributed by atoms with Crippen molar-refractivity contribution in [3.8, 4) is 11.8 Å². The molecule has 2 heterocycles. The maximum atomic E-state index is 13.0. The molecule has 2 unspecified atom stereocenters. The van der Waals surface area contributed by atoms with E-state index in [1.54, 1.807) is 4.57 Å². The molecule has 30 heavy (non-hydrogen) atoms. The van der Waals surface area contributed by atoms with E-state index in [0.717, 1.165) is 44.2 Å². The van der Waals surface area contributed by atoms with Gasteiger partial charge in [-0.1, -0.05) is 6.07 Å². The molecule has 2 aliphatic carbocycles. The van der Waals surface area contributed by atoms with Gasteiger partial charge in [0.15, 0.2) is 0 Å². The summed E-state index contributed by atoms with van der Waals surface area (Å²) in [6, 6.07) is 3.22. The average molecular weight is 433 g/mol. The van der Waals surface area contributed by atoms with Crippen molar-refractivity contribution in [3.63, 3.8) is 0 Å². The lowest BCUT2D eigenvalue weighted by Gasteiger charge is -2.37. The van der Waals surface area contributed by atoms with Gasteiger partial charge >= 0.3 is 0 Å². The number of nitrogens with zero attached hydrogens (tertiary/aromatic N) is 1. The molecule has 0 aromatic carbocycles. The summed E-state index contributed by atoms with van der Waals surface area (Å²) in [7, 11) is -3.34. The van der Waals surface area contributed by atoms with Crippen LogP contribution in [0, 0.1) is 24.7 Å². The SMILES string of the molecule is CC#CC1CCC(OCC2C(NS(=O)(=O)C3CC3)CCc3ccc(C)c(=O)n32)CC1. The summed E-state index contributed by atoms with van der Waals surface area (Å²) in [6.45, 7) is 4.04. The number of aromatic nitrogens is 1. The number of rotatable bonds is 6. The van der Waals surface area contributed by atoms with Gasteiger partial charge in [0.1, 0.15) is 0 Å². The van der Waals surface area contributed by atoms with Crippen molar-refractivity contribution in [2.24, 2.45) is 5.92 Å². The zero-order valence-corrected chi connectivity index (χ0v) is 18.7. The van der Waals surface area contributed by atoms with Crippen molar-refractivity contribution < 1.29 is 13.2 Å². The normalized spacial score (nSPS) is 29.0. The maximum absolute atomic E-state index is 13.0. The van der Waals surface area contributed by atoms with Crippen LogP contribution in [0.5, 0.6) is 0 Å². The number of hydrogen-bond acceptors (Lipinski definition) is 4. The van der Waals surface area contributed by atoms with Gasteiger partial charge in [0.25, 0.3) is 5.56 Å². The first kappa shape index (κ1) is 21.6. The van der Waals surface area contributed by atoms with E-state index in [1.807, 2.05) is 26.0 Å². The van der Waals surface area contributed by atoms with Gasteiger partial charge in [0.2, 0.25) is 10.0 Å². The lowest BCUT2D eigenvalue weighted by Crippen LogP contribution is -2.50. The molecule has 7 heteroatoms. The minimum absolute atomic E-state index is 0.0432. The molecular weight excluding hydrogens is 400 g/mol. The van der Waals surface area contributed by atoms with Gasteiger partial charge in [0, 0.05) is 23.2 Å². The number of nitrogens with one attached hydrogen (secondary N) is 1. The van der Waals surface area contributed by atoms with E-state index in [4.69, 9.17) is 4.74 Å². The molecule has 2 atom stereocenters. The van der Waals surface area contributed by atoms with Crippen molar-refractivity contribution in [1.82, 2.24) is 9.29 Å². The van der Waals surface area contributed by atoms with Crippen LogP contribution in [0.2, 0.25) is 0 Å². The fourth-order valence-electron chi connectivity index (χ4n) is 4.76. The van der Waals surface area contributed by atoms with E-state index in [9.17, 15) is 13.2 Å². The Bertz CT molecular complexity index is 992. The van der Waals surface area contributed by atoms with Crippen LogP contribution in [0.1, 0.15) is 69.2 Å². The number of sulfonamides is 1. The highest BCUT2D eigenvalue weighted by molar-refractivity contribution is 7.90. The van der Waals surface area contributed by atoms with Crippen molar-refractivity contribution >= 4 is 10.0 Å². The highest BCUT2D eigenvalue weighted by Gasteiger charge is 2.40. The molecule has 2 saturated carbocycles. The number of aryl methyl sites for hydroxylation is 2. The van der Waals surface area contributed by atoms with E-state index < -0.39 is 10.0 Å². The number of fused-ring (bicyclic) bond motifs is 1. The standard InChI is InChI=1S/C23H32N2O4S/c1-3-4-17-6-10-19(11-7-17)29-15-22-21(24-30(27,28)20-12-13-20)14-9-18-8-5-16(2)23(26)25(18)22/h5,8,17,19-22,24H,6-7,9-15H2,1-2H3. The zero-order valence-electron chi connectivity index (χ0n) is 17.9. The maximum Gasteiger partial charge on any atom is 0.254 e. The minimum Gasteiger partial charge on any atom is -0.376 e. The molecule has 1 N–H and O–H groups in total. The molecule has 0 saturated heterocycles. The molecule has 6 nitrogen and oxygen atoms in total. The van der Waals surface area contributed by atoms with E-state index >= 15 is 0 Å². The van der Waals surface area contributed by atoms with Crippen LogP contribution in [0.4, 0.5) is 0 Å². The molecule has 3 aliphatic rings. The highest BCUT2D eigenvalue weighted by Crippen LogP contribution is 2.32. The van der Waals surface area contributed by atoms with Crippen LogP contribution in [-0.2, 0) is 21.2 Å². The molecule has 164 valence electrons. The molecule has 2 fully saturated rings. The Morgan fingerprint density at radius 1 is 1.13 bits per heavy atom. The second-order valence-corrected chi connectivity index (χ2v) is 11.0. The number of pyridine rings is 1. The number of ether oxygens (including phenoxy) is 1. The van der Waals surface area contributed by atoms with Crippen molar-refractivity contribution in [2.75, 3.05) is 6.61 Å². The van der Waals surface area contributed by atoms with Gasteiger partial charge in [0.05, 0.1) is 24.0 Å². The lowest BCUT2D eigenvalue weighted by molar-refractivity contribution is -0.00300. The first-order valence-electron chi connectivity index (χ1n) is 11.1. The first-order chi connectivity index (χ1) is 14.4. The van der Waals surface area contributed by atoms with E-state index in [1.165, 1.54) is 0 Å². The Balaban J connectivity index is 1.52. The molecule has 0 spiro atoms. The Hall–Kier alpha value is -1.62. The van der Waals surface area contributed by atoms with Crippen LogP contribution < -0.4 is 10.3 Å². The van der Waals surface area contributed by atoms with Crippen molar-refractivity contribution in [1.29, 1.82) is 0 Å². The molecule has 0 amide bonds. The Morgan fingerprint density at radius 3 is 2.53 bits per heavy atom. The summed E-state index contributed by atoms with van der Waals surface area (Å²) in [4.78, 5) is 13.0. The Morgan fingerprint density at radius 2 is 1.87 bits per heavy atom. The van der Waals surface area contributed by atoms with Gasteiger partial charge in [-0.2, -0.15) is 0 Å². The molecule has 1 aromatic rings. The van der Waals surface area contributed by atoms with Crippen LogP contribution >= 0.6 is 0 Å².